The van der Waals surface area contributed by atoms with E-state index in [1.165, 1.54) is 0 Å². The first-order chi connectivity index (χ1) is 14.3. The van der Waals surface area contributed by atoms with E-state index < -0.39 is 11.6 Å². The molecule has 0 saturated carbocycles. The van der Waals surface area contributed by atoms with E-state index in [-0.39, 0.29) is 12.5 Å². The van der Waals surface area contributed by atoms with Crippen molar-refractivity contribution in [3.8, 4) is 22.9 Å². The number of rotatable bonds is 7. The summed E-state index contributed by atoms with van der Waals surface area (Å²) in [7, 11) is 0. The van der Waals surface area contributed by atoms with Crippen molar-refractivity contribution < 1.29 is 14.6 Å². The van der Waals surface area contributed by atoms with E-state index in [1.807, 2.05) is 32.0 Å². The smallest absolute Gasteiger partial charge is 0.405 e. The quantitative estimate of drug-likeness (QED) is 0.595. The first-order valence-electron chi connectivity index (χ1n) is 9.68. The molecule has 1 amide bonds. The fourth-order valence-electron chi connectivity index (χ4n) is 3.69. The number of ether oxygens (including phenoxy) is 1. The van der Waals surface area contributed by atoms with Gasteiger partial charge in [-0.2, -0.15) is 5.26 Å². The van der Waals surface area contributed by atoms with Gasteiger partial charge < -0.3 is 15.2 Å². The molecule has 1 unspecified atom stereocenters. The van der Waals surface area contributed by atoms with Gasteiger partial charge in [-0.15, -0.1) is 0 Å². The second-order valence-electron chi connectivity index (χ2n) is 7.95. The summed E-state index contributed by atoms with van der Waals surface area (Å²) in [4.78, 5) is 19.7. The third-order valence-corrected chi connectivity index (χ3v) is 4.77. The minimum Gasteiger partial charge on any atom is -0.490 e. The molecule has 0 aliphatic carbocycles. The Kier molecular flexibility index (Phi) is 6.17. The van der Waals surface area contributed by atoms with Gasteiger partial charge in [0, 0.05) is 24.0 Å². The number of carbonyl (C=O) groups is 1. The van der Waals surface area contributed by atoms with E-state index in [2.05, 4.69) is 21.4 Å². The maximum absolute atomic E-state index is 11.2. The Labute approximate surface area is 175 Å². The zero-order valence-corrected chi connectivity index (χ0v) is 17.2. The molecular formula is C23H24N4O3. The molecule has 1 aromatic carbocycles. The lowest BCUT2D eigenvalue weighted by Crippen LogP contribution is -2.50. The number of hydrogen-bond donors (Lipinski definition) is 2. The van der Waals surface area contributed by atoms with Gasteiger partial charge in [0.2, 0.25) is 0 Å². The van der Waals surface area contributed by atoms with Crippen LogP contribution in [-0.2, 0) is 0 Å². The van der Waals surface area contributed by atoms with E-state index in [0.717, 1.165) is 22.0 Å². The number of benzene rings is 1. The SMILES string of the molecule is CC(C)CC(C)(COc1ccc(-c2ccnc3ccncc23)cc1C#N)NC(=O)O. The van der Waals surface area contributed by atoms with Crippen LogP contribution in [0.3, 0.4) is 0 Å². The Morgan fingerprint density at radius 1 is 1.30 bits per heavy atom. The number of amides is 1. The summed E-state index contributed by atoms with van der Waals surface area (Å²) >= 11 is 0. The molecular weight excluding hydrogens is 380 g/mol. The van der Waals surface area contributed by atoms with Crippen LogP contribution < -0.4 is 10.1 Å². The van der Waals surface area contributed by atoms with Gasteiger partial charge in [-0.05, 0) is 54.7 Å². The molecule has 7 nitrogen and oxygen atoms in total. The van der Waals surface area contributed by atoms with Crippen LogP contribution in [0.1, 0.15) is 32.8 Å². The monoisotopic (exact) mass is 404 g/mol. The molecule has 7 heteroatoms. The molecule has 0 spiro atoms. The van der Waals surface area contributed by atoms with Crippen molar-refractivity contribution in [2.75, 3.05) is 6.61 Å². The van der Waals surface area contributed by atoms with E-state index in [1.54, 1.807) is 37.6 Å². The molecule has 154 valence electrons. The third kappa shape index (κ3) is 4.84. The van der Waals surface area contributed by atoms with Gasteiger partial charge in [-0.1, -0.05) is 19.9 Å². The van der Waals surface area contributed by atoms with Gasteiger partial charge in [0.25, 0.3) is 0 Å². The number of fused-ring (bicyclic) bond motifs is 1. The maximum atomic E-state index is 11.2. The molecule has 0 saturated heterocycles. The van der Waals surface area contributed by atoms with Gasteiger partial charge in [-0.3, -0.25) is 9.97 Å². The Morgan fingerprint density at radius 3 is 2.80 bits per heavy atom. The largest absolute Gasteiger partial charge is 0.490 e. The summed E-state index contributed by atoms with van der Waals surface area (Å²) in [6.45, 7) is 5.96. The van der Waals surface area contributed by atoms with Gasteiger partial charge in [-0.25, -0.2) is 4.79 Å². The van der Waals surface area contributed by atoms with Crippen molar-refractivity contribution in [2.24, 2.45) is 5.92 Å². The highest BCUT2D eigenvalue weighted by molar-refractivity contribution is 5.93. The number of hydrogen-bond acceptors (Lipinski definition) is 5. The van der Waals surface area contributed by atoms with Crippen LogP contribution in [0, 0.1) is 17.2 Å². The lowest BCUT2D eigenvalue weighted by Gasteiger charge is -2.31. The third-order valence-electron chi connectivity index (χ3n) is 4.77. The molecule has 2 aromatic heterocycles. The zero-order chi connectivity index (χ0) is 21.7. The fraction of sp³-hybridized carbons (Fsp3) is 0.304. The first kappa shape index (κ1) is 21.1. The van der Waals surface area contributed by atoms with E-state index >= 15 is 0 Å². The van der Waals surface area contributed by atoms with Gasteiger partial charge >= 0.3 is 6.09 Å². The van der Waals surface area contributed by atoms with Crippen LogP contribution in [0.15, 0.2) is 48.9 Å². The molecule has 1 atom stereocenters. The summed E-state index contributed by atoms with van der Waals surface area (Å²) < 4.78 is 5.90. The number of nitriles is 1. The van der Waals surface area contributed by atoms with Crippen molar-refractivity contribution in [1.82, 2.24) is 15.3 Å². The van der Waals surface area contributed by atoms with Crippen molar-refractivity contribution in [3.63, 3.8) is 0 Å². The minimum absolute atomic E-state index is 0.119. The normalized spacial score (nSPS) is 12.9. The van der Waals surface area contributed by atoms with Crippen LogP contribution in [0.5, 0.6) is 5.75 Å². The Balaban J connectivity index is 1.89. The van der Waals surface area contributed by atoms with Crippen LogP contribution in [-0.4, -0.2) is 33.3 Å². The fourth-order valence-corrected chi connectivity index (χ4v) is 3.69. The van der Waals surface area contributed by atoms with E-state index in [4.69, 9.17) is 4.74 Å². The van der Waals surface area contributed by atoms with Gasteiger partial charge in [0.1, 0.15) is 18.4 Å². The zero-order valence-electron chi connectivity index (χ0n) is 17.2. The predicted molar refractivity (Wildman–Crippen MR) is 114 cm³/mol. The van der Waals surface area contributed by atoms with Crippen molar-refractivity contribution in [3.05, 3.63) is 54.5 Å². The van der Waals surface area contributed by atoms with Crippen molar-refractivity contribution in [1.29, 1.82) is 5.26 Å². The summed E-state index contributed by atoms with van der Waals surface area (Å²) in [5, 5.41) is 22.3. The van der Waals surface area contributed by atoms with Crippen LogP contribution >= 0.6 is 0 Å². The van der Waals surface area contributed by atoms with E-state index in [9.17, 15) is 15.2 Å². The molecule has 0 fully saturated rings. The molecule has 30 heavy (non-hydrogen) atoms. The van der Waals surface area contributed by atoms with E-state index in [0.29, 0.717) is 17.7 Å². The first-order valence-corrected chi connectivity index (χ1v) is 9.68. The molecule has 3 aromatic rings. The standard InChI is InChI=1S/C23H24N4O3/c1-15(2)11-23(3,27-22(28)29)14-30-21-5-4-16(10-17(21)12-24)18-6-9-26-20-7-8-25-13-19(18)20/h4-10,13,15,27H,11,14H2,1-3H3,(H,28,29). The van der Waals surface area contributed by atoms with Crippen molar-refractivity contribution in [2.45, 2.75) is 32.7 Å². The number of nitrogens with one attached hydrogen (secondary N) is 1. The summed E-state index contributed by atoms with van der Waals surface area (Å²) in [6, 6.07) is 11.3. The van der Waals surface area contributed by atoms with Gasteiger partial charge in [0.05, 0.1) is 16.6 Å². The molecule has 0 bridgehead atoms. The average molecular weight is 404 g/mol. The molecule has 0 aliphatic rings. The molecule has 2 N–H and O–H groups in total. The molecule has 0 radical (unpaired) electrons. The Hall–Kier alpha value is -3.66. The second-order valence-corrected chi connectivity index (χ2v) is 7.95. The summed E-state index contributed by atoms with van der Waals surface area (Å²) in [6.07, 6.45) is 4.67. The highest BCUT2D eigenvalue weighted by Gasteiger charge is 2.29. The lowest BCUT2D eigenvalue weighted by atomic mass is 9.91. The van der Waals surface area contributed by atoms with Gasteiger partial charge in [0.15, 0.2) is 0 Å². The molecule has 3 rings (SSSR count). The second kappa shape index (κ2) is 8.78. The van der Waals surface area contributed by atoms with Crippen LogP contribution in [0.2, 0.25) is 0 Å². The average Bonchev–Trinajstić information content (AvgIpc) is 2.70. The van der Waals surface area contributed by atoms with Crippen molar-refractivity contribution >= 4 is 17.0 Å². The molecule has 0 aliphatic heterocycles. The Morgan fingerprint density at radius 2 is 2.10 bits per heavy atom. The summed E-state index contributed by atoms with van der Waals surface area (Å²) in [5.74, 6) is 0.691. The number of nitrogens with zero attached hydrogens (tertiary/aromatic N) is 3. The Bertz CT molecular complexity index is 1100. The summed E-state index contributed by atoms with van der Waals surface area (Å²) in [5.41, 5.74) is 2.22. The lowest BCUT2D eigenvalue weighted by molar-refractivity contribution is 0.143. The number of aromatic nitrogens is 2. The predicted octanol–water partition coefficient (Wildman–Crippen LogP) is 4.62. The highest BCUT2D eigenvalue weighted by Crippen LogP contribution is 2.31. The van der Waals surface area contributed by atoms with Crippen LogP contribution in [0.25, 0.3) is 22.0 Å². The maximum Gasteiger partial charge on any atom is 0.405 e. The highest BCUT2D eigenvalue weighted by atomic mass is 16.5. The molecule has 2 heterocycles. The van der Waals surface area contributed by atoms with Crippen LogP contribution in [0.4, 0.5) is 4.79 Å². The minimum atomic E-state index is -1.10. The number of carboxylic acid groups (broad SMARTS) is 1. The number of pyridine rings is 2. The topological polar surface area (TPSA) is 108 Å².